The topological polar surface area (TPSA) is 54.5 Å². The maximum atomic E-state index is 12.6. The van der Waals surface area contributed by atoms with E-state index in [2.05, 4.69) is 18.7 Å². The van der Waals surface area contributed by atoms with Gasteiger partial charge in [0.15, 0.2) is 5.78 Å². The second-order valence-corrected chi connectivity index (χ2v) is 7.65. The van der Waals surface area contributed by atoms with Crippen LogP contribution in [0.1, 0.15) is 60.3 Å². The summed E-state index contributed by atoms with van der Waals surface area (Å²) in [5.41, 5.74) is -0.417. The van der Waals surface area contributed by atoms with Gasteiger partial charge in [-0.05, 0) is 32.4 Å². The Morgan fingerprint density at radius 3 is 1.85 bits per heavy atom. The predicted octanol–water partition coefficient (Wildman–Crippen LogP) is 2.67. The molecule has 0 aliphatic heterocycles. The molecule has 0 atom stereocenters. The van der Waals surface area contributed by atoms with E-state index in [-0.39, 0.29) is 17.3 Å². The zero-order valence-corrected chi connectivity index (χ0v) is 14.6. The highest BCUT2D eigenvalue weighted by atomic mass is 32.2. The van der Waals surface area contributed by atoms with Gasteiger partial charge in [0.1, 0.15) is 9.84 Å². The fourth-order valence-electron chi connectivity index (χ4n) is 2.93. The van der Waals surface area contributed by atoms with E-state index >= 15 is 0 Å². The molecule has 120 valence electrons. The highest BCUT2D eigenvalue weighted by Gasteiger charge is 2.38. The van der Waals surface area contributed by atoms with E-state index in [9.17, 15) is 13.2 Å². The van der Waals surface area contributed by atoms with Crippen LogP contribution in [0.2, 0.25) is 0 Å². The highest BCUT2D eigenvalue weighted by Crippen LogP contribution is 2.27. The quantitative estimate of drug-likeness (QED) is 0.589. The number of carbonyl (C=O) groups is 1. The first kappa shape index (κ1) is 19.6. The first-order valence-corrected chi connectivity index (χ1v) is 9.64. The number of hydrogen-bond donors (Lipinski definition) is 0. The van der Waals surface area contributed by atoms with Crippen LogP contribution in [-0.2, 0) is 14.6 Å². The monoisotopic (exact) mass is 305 g/mol. The van der Waals surface area contributed by atoms with Crippen LogP contribution in [0.4, 0.5) is 0 Å². The van der Waals surface area contributed by atoms with Gasteiger partial charge in [-0.1, -0.05) is 34.6 Å². The highest BCUT2D eigenvalue weighted by molar-refractivity contribution is 7.91. The lowest BCUT2D eigenvalue weighted by Gasteiger charge is -2.41. The number of nitrogens with zero attached hydrogens (tertiary/aromatic N) is 1. The van der Waals surface area contributed by atoms with Crippen molar-refractivity contribution >= 4 is 15.6 Å². The van der Waals surface area contributed by atoms with Gasteiger partial charge >= 0.3 is 0 Å². The van der Waals surface area contributed by atoms with E-state index < -0.39 is 15.4 Å². The van der Waals surface area contributed by atoms with Crippen molar-refractivity contribution in [1.29, 1.82) is 0 Å². The summed E-state index contributed by atoms with van der Waals surface area (Å²) in [4.78, 5) is 14.8. The largest absolute Gasteiger partial charge is 0.298 e. The summed E-state index contributed by atoms with van der Waals surface area (Å²) in [7, 11) is -2.97. The van der Waals surface area contributed by atoms with E-state index in [0.29, 0.717) is 12.8 Å². The smallest absolute Gasteiger partial charge is 0.153 e. The number of hydrogen-bond acceptors (Lipinski definition) is 4. The molecule has 0 amide bonds. The van der Waals surface area contributed by atoms with Crippen molar-refractivity contribution in [1.82, 2.24) is 4.90 Å². The SMILES string of the molecule is CCN(CC)C(CC)(CC)C(=O)CCCS(=O)(=O)CC. The van der Waals surface area contributed by atoms with Crippen molar-refractivity contribution in [3.63, 3.8) is 0 Å². The van der Waals surface area contributed by atoms with Crippen LogP contribution in [0.5, 0.6) is 0 Å². The van der Waals surface area contributed by atoms with Gasteiger partial charge in [0, 0.05) is 12.2 Å². The number of likely N-dealkylation sites (N-methyl/N-ethyl adjacent to an activating group) is 1. The number of rotatable bonds is 11. The minimum atomic E-state index is -2.97. The molecule has 0 rings (SSSR count). The summed E-state index contributed by atoms with van der Waals surface area (Å²) in [6.45, 7) is 11.6. The van der Waals surface area contributed by atoms with E-state index in [1.807, 2.05) is 13.8 Å². The first-order chi connectivity index (χ1) is 9.33. The van der Waals surface area contributed by atoms with E-state index in [1.54, 1.807) is 6.92 Å². The van der Waals surface area contributed by atoms with E-state index in [1.165, 1.54) is 0 Å². The van der Waals surface area contributed by atoms with Crippen LogP contribution >= 0.6 is 0 Å². The minimum Gasteiger partial charge on any atom is -0.298 e. The second kappa shape index (κ2) is 8.78. The third-order valence-corrected chi connectivity index (χ3v) is 6.15. The maximum Gasteiger partial charge on any atom is 0.153 e. The van der Waals surface area contributed by atoms with Crippen LogP contribution < -0.4 is 0 Å². The van der Waals surface area contributed by atoms with Crippen molar-refractivity contribution in [2.45, 2.75) is 65.8 Å². The average molecular weight is 305 g/mol. The van der Waals surface area contributed by atoms with Gasteiger partial charge in [-0.25, -0.2) is 8.42 Å². The van der Waals surface area contributed by atoms with Gasteiger partial charge < -0.3 is 0 Å². The number of ketones is 1. The molecule has 0 saturated carbocycles. The molecule has 0 saturated heterocycles. The standard InChI is InChI=1S/C15H31NO3S/c1-6-15(7-2,16(8-3)9-4)14(17)12-11-13-20(18,19)10-5/h6-13H2,1-5H3. The zero-order valence-electron chi connectivity index (χ0n) is 13.7. The second-order valence-electron chi connectivity index (χ2n) is 5.17. The van der Waals surface area contributed by atoms with Crippen molar-refractivity contribution < 1.29 is 13.2 Å². The molecule has 0 aliphatic carbocycles. The molecule has 0 aromatic carbocycles. The molecule has 0 bridgehead atoms. The lowest BCUT2D eigenvalue weighted by Crippen LogP contribution is -2.53. The van der Waals surface area contributed by atoms with Crippen molar-refractivity contribution in [3.8, 4) is 0 Å². The molecule has 4 nitrogen and oxygen atoms in total. The lowest BCUT2D eigenvalue weighted by atomic mass is 9.83. The average Bonchev–Trinajstić information content (AvgIpc) is 2.44. The molecule has 0 unspecified atom stereocenters. The molecule has 0 aromatic rings. The summed E-state index contributed by atoms with van der Waals surface area (Å²) < 4.78 is 23.0. The molecule has 0 aliphatic rings. The van der Waals surface area contributed by atoms with Crippen molar-refractivity contribution in [2.24, 2.45) is 0 Å². The molecule has 5 heteroatoms. The Bertz CT molecular complexity index is 382. The lowest BCUT2D eigenvalue weighted by molar-refractivity contribution is -0.132. The van der Waals surface area contributed by atoms with E-state index in [4.69, 9.17) is 0 Å². The zero-order chi connectivity index (χ0) is 15.8. The van der Waals surface area contributed by atoms with Crippen LogP contribution in [0.25, 0.3) is 0 Å². The fraction of sp³-hybridized carbons (Fsp3) is 0.933. The third kappa shape index (κ3) is 4.85. The maximum absolute atomic E-state index is 12.6. The molecule has 0 spiro atoms. The summed E-state index contributed by atoms with van der Waals surface area (Å²) >= 11 is 0. The molecule has 20 heavy (non-hydrogen) atoms. The Morgan fingerprint density at radius 1 is 1.00 bits per heavy atom. The van der Waals surface area contributed by atoms with Gasteiger partial charge in [-0.3, -0.25) is 9.69 Å². The Labute approximate surface area is 124 Å². The van der Waals surface area contributed by atoms with Gasteiger partial charge in [-0.15, -0.1) is 0 Å². The van der Waals surface area contributed by atoms with Crippen LogP contribution in [0, 0.1) is 0 Å². The normalized spacial score (nSPS) is 12.9. The summed E-state index contributed by atoms with van der Waals surface area (Å²) in [5, 5.41) is 0. The Balaban J connectivity index is 4.83. The molecule has 0 fully saturated rings. The molecule has 0 N–H and O–H groups in total. The van der Waals surface area contributed by atoms with Crippen LogP contribution in [0.3, 0.4) is 0 Å². The Morgan fingerprint density at radius 2 is 1.50 bits per heavy atom. The van der Waals surface area contributed by atoms with Gasteiger partial charge in [-0.2, -0.15) is 0 Å². The van der Waals surface area contributed by atoms with Crippen LogP contribution in [-0.4, -0.2) is 49.2 Å². The van der Waals surface area contributed by atoms with Crippen LogP contribution in [0.15, 0.2) is 0 Å². The number of carbonyl (C=O) groups excluding carboxylic acids is 1. The number of sulfone groups is 1. The van der Waals surface area contributed by atoms with E-state index in [0.717, 1.165) is 25.9 Å². The molecule has 0 radical (unpaired) electrons. The third-order valence-electron chi connectivity index (χ3n) is 4.36. The fourth-order valence-corrected chi connectivity index (χ4v) is 3.80. The summed E-state index contributed by atoms with van der Waals surface area (Å²) in [5.74, 6) is 0.471. The van der Waals surface area contributed by atoms with Gasteiger partial charge in [0.05, 0.1) is 11.3 Å². The van der Waals surface area contributed by atoms with Gasteiger partial charge in [0.2, 0.25) is 0 Å². The van der Waals surface area contributed by atoms with Crippen molar-refractivity contribution in [2.75, 3.05) is 24.6 Å². The molecular weight excluding hydrogens is 274 g/mol. The molecule has 0 heterocycles. The van der Waals surface area contributed by atoms with Gasteiger partial charge in [0.25, 0.3) is 0 Å². The predicted molar refractivity (Wildman–Crippen MR) is 84.8 cm³/mol. The minimum absolute atomic E-state index is 0.122. The number of Topliss-reactive ketones (excluding diaryl/α,β-unsaturated/α-hetero) is 1. The summed E-state index contributed by atoms with van der Waals surface area (Å²) in [6, 6.07) is 0. The first-order valence-electron chi connectivity index (χ1n) is 7.82. The Kier molecular flexibility index (Phi) is 8.59. The molecule has 0 aromatic heterocycles. The Hall–Kier alpha value is -0.420. The van der Waals surface area contributed by atoms with Crippen molar-refractivity contribution in [3.05, 3.63) is 0 Å². The molecular formula is C15H31NO3S. The summed E-state index contributed by atoms with van der Waals surface area (Å²) in [6.07, 6.45) is 2.37.